The van der Waals surface area contributed by atoms with Gasteiger partial charge in [-0.05, 0) is 24.6 Å². The van der Waals surface area contributed by atoms with E-state index in [1.807, 2.05) is 6.92 Å². The van der Waals surface area contributed by atoms with E-state index in [4.69, 9.17) is 5.73 Å². The normalized spacial score (nSPS) is 12.1. The van der Waals surface area contributed by atoms with Crippen LogP contribution in [0.2, 0.25) is 0 Å². The minimum atomic E-state index is -0.121. The van der Waals surface area contributed by atoms with Crippen molar-refractivity contribution in [2.45, 2.75) is 6.92 Å². The average Bonchev–Trinajstić information content (AvgIpc) is 2.98. The molecule has 1 amide bonds. The smallest absolute Gasteiger partial charge is 0.251 e. The molecule has 2 heterocycles. The molecular formula is C13H17N5O. The SMILES string of the molecule is CC(CN)CNC(=O)c1ccnc(-n2ccnc2)c1. The molecule has 3 N–H and O–H groups in total. The number of pyridine rings is 1. The number of nitrogens with zero attached hydrogens (tertiary/aromatic N) is 3. The van der Waals surface area contributed by atoms with Crippen LogP contribution in [0.15, 0.2) is 37.1 Å². The summed E-state index contributed by atoms with van der Waals surface area (Å²) < 4.78 is 1.75. The average molecular weight is 259 g/mol. The first-order valence-corrected chi connectivity index (χ1v) is 6.13. The van der Waals surface area contributed by atoms with E-state index < -0.39 is 0 Å². The Labute approximate surface area is 111 Å². The topological polar surface area (TPSA) is 85.8 Å². The van der Waals surface area contributed by atoms with Crippen LogP contribution in [0.3, 0.4) is 0 Å². The van der Waals surface area contributed by atoms with Gasteiger partial charge in [0.1, 0.15) is 12.1 Å². The predicted octanol–water partition coefficient (Wildman–Crippen LogP) is 0.592. The van der Waals surface area contributed by atoms with Gasteiger partial charge in [0.05, 0.1) is 0 Å². The number of nitrogens with one attached hydrogen (secondary N) is 1. The molecule has 0 saturated carbocycles. The van der Waals surface area contributed by atoms with Crippen LogP contribution in [0.5, 0.6) is 0 Å². The molecule has 6 heteroatoms. The third-order valence-electron chi connectivity index (χ3n) is 2.79. The lowest BCUT2D eigenvalue weighted by molar-refractivity contribution is 0.0948. The Morgan fingerprint density at radius 2 is 2.37 bits per heavy atom. The van der Waals surface area contributed by atoms with Crippen molar-refractivity contribution in [1.29, 1.82) is 0 Å². The number of rotatable bonds is 5. The zero-order chi connectivity index (χ0) is 13.7. The molecule has 2 rings (SSSR count). The lowest BCUT2D eigenvalue weighted by Crippen LogP contribution is -2.31. The van der Waals surface area contributed by atoms with Gasteiger partial charge >= 0.3 is 0 Å². The number of carbonyl (C=O) groups excluding carboxylic acids is 1. The van der Waals surface area contributed by atoms with Crippen LogP contribution < -0.4 is 11.1 Å². The van der Waals surface area contributed by atoms with E-state index in [0.717, 1.165) is 0 Å². The molecule has 6 nitrogen and oxygen atoms in total. The van der Waals surface area contributed by atoms with Gasteiger partial charge in [-0.2, -0.15) is 0 Å². The van der Waals surface area contributed by atoms with E-state index in [2.05, 4.69) is 15.3 Å². The molecule has 0 aliphatic rings. The van der Waals surface area contributed by atoms with Crippen molar-refractivity contribution in [3.8, 4) is 5.82 Å². The maximum atomic E-state index is 12.0. The molecule has 0 aliphatic heterocycles. The van der Waals surface area contributed by atoms with Crippen LogP contribution >= 0.6 is 0 Å². The quantitative estimate of drug-likeness (QED) is 0.823. The fourth-order valence-corrected chi connectivity index (χ4v) is 1.55. The van der Waals surface area contributed by atoms with Crippen molar-refractivity contribution in [1.82, 2.24) is 19.9 Å². The molecule has 0 saturated heterocycles. The van der Waals surface area contributed by atoms with Gasteiger partial charge in [-0.15, -0.1) is 0 Å². The first-order chi connectivity index (χ1) is 9.20. The Bertz CT molecular complexity index is 538. The highest BCUT2D eigenvalue weighted by Gasteiger charge is 2.08. The van der Waals surface area contributed by atoms with E-state index in [1.165, 1.54) is 0 Å². The van der Waals surface area contributed by atoms with Crippen molar-refractivity contribution in [3.63, 3.8) is 0 Å². The van der Waals surface area contributed by atoms with Gasteiger partial charge in [0.25, 0.3) is 5.91 Å². The first-order valence-electron chi connectivity index (χ1n) is 6.13. The summed E-state index contributed by atoms with van der Waals surface area (Å²) >= 11 is 0. The fourth-order valence-electron chi connectivity index (χ4n) is 1.55. The molecule has 0 radical (unpaired) electrons. The molecule has 0 aromatic carbocycles. The van der Waals surface area contributed by atoms with Crippen LogP contribution in [0, 0.1) is 5.92 Å². The van der Waals surface area contributed by atoms with Crippen LogP contribution in [0.1, 0.15) is 17.3 Å². The second-order valence-corrected chi connectivity index (χ2v) is 4.42. The Morgan fingerprint density at radius 3 is 3.05 bits per heavy atom. The fraction of sp³-hybridized carbons (Fsp3) is 0.308. The third-order valence-corrected chi connectivity index (χ3v) is 2.79. The molecule has 0 spiro atoms. The largest absolute Gasteiger partial charge is 0.352 e. The summed E-state index contributed by atoms with van der Waals surface area (Å²) in [6.07, 6.45) is 6.69. The van der Waals surface area contributed by atoms with Gasteiger partial charge in [-0.3, -0.25) is 9.36 Å². The molecule has 1 unspecified atom stereocenters. The molecular weight excluding hydrogens is 242 g/mol. The number of hydrogen-bond donors (Lipinski definition) is 2. The van der Waals surface area contributed by atoms with Gasteiger partial charge in [0.15, 0.2) is 0 Å². The van der Waals surface area contributed by atoms with Gasteiger partial charge in [-0.1, -0.05) is 6.92 Å². The van der Waals surface area contributed by atoms with E-state index >= 15 is 0 Å². The Morgan fingerprint density at radius 1 is 1.53 bits per heavy atom. The summed E-state index contributed by atoms with van der Waals surface area (Å²) in [7, 11) is 0. The lowest BCUT2D eigenvalue weighted by atomic mass is 10.2. The van der Waals surface area contributed by atoms with Gasteiger partial charge in [-0.25, -0.2) is 9.97 Å². The summed E-state index contributed by atoms with van der Waals surface area (Å²) in [5.41, 5.74) is 6.09. The molecule has 19 heavy (non-hydrogen) atoms. The van der Waals surface area contributed by atoms with E-state index in [1.54, 1.807) is 41.6 Å². The van der Waals surface area contributed by atoms with Crippen LogP contribution in [-0.4, -0.2) is 33.5 Å². The number of aromatic nitrogens is 3. The Hall–Kier alpha value is -2.21. The highest BCUT2D eigenvalue weighted by molar-refractivity contribution is 5.94. The third kappa shape index (κ3) is 3.38. The molecule has 0 fully saturated rings. The van der Waals surface area contributed by atoms with Gasteiger partial charge in [0, 0.05) is 30.7 Å². The molecule has 0 bridgehead atoms. The zero-order valence-corrected chi connectivity index (χ0v) is 10.8. The summed E-state index contributed by atoms with van der Waals surface area (Å²) in [5.74, 6) is 0.806. The van der Waals surface area contributed by atoms with Crippen molar-refractivity contribution >= 4 is 5.91 Å². The summed E-state index contributed by atoms with van der Waals surface area (Å²) in [6, 6.07) is 3.41. The maximum Gasteiger partial charge on any atom is 0.251 e. The van der Waals surface area contributed by atoms with Crippen molar-refractivity contribution in [3.05, 3.63) is 42.6 Å². The molecule has 2 aromatic rings. The highest BCUT2D eigenvalue weighted by Crippen LogP contribution is 2.07. The van der Waals surface area contributed by atoms with Gasteiger partial charge in [0.2, 0.25) is 0 Å². The van der Waals surface area contributed by atoms with Crippen LogP contribution in [-0.2, 0) is 0 Å². The first kappa shape index (κ1) is 13.2. The Kier molecular flexibility index (Phi) is 4.25. The minimum Gasteiger partial charge on any atom is -0.352 e. The number of nitrogens with two attached hydrogens (primary N) is 1. The molecule has 2 aromatic heterocycles. The maximum absolute atomic E-state index is 12.0. The number of amides is 1. The zero-order valence-electron chi connectivity index (χ0n) is 10.8. The second kappa shape index (κ2) is 6.10. The van der Waals surface area contributed by atoms with E-state index in [0.29, 0.717) is 24.5 Å². The van der Waals surface area contributed by atoms with Crippen molar-refractivity contribution in [2.75, 3.05) is 13.1 Å². The van der Waals surface area contributed by atoms with E-state index in [9.17, 15) is 4.79 Å². The number of hydrogen-bond acceptors (Lipinski definition) is 4. The van der Waals surface area contributed by atoms with Crippen LogP contribution in [0.25, 0.3) is 5.82 Å². The van der Waals surface area contributed by atoms with Gasteiger partial charge < -0.3 is 11.1 Å². The van der Waals surface area contributed by atoms with Crippen molar-refractivity contribution < 1.29 is 4.79 Å². The van der Waals surface area contributed by atoms with Crippen LogP contribution in [0.4, 0.5) is 0 Å². The molecule has 0 aliphatic carbocycles. The predicted molar refractivity (Wildman–Crippen MR) is 71.9 cm³/mol. The summed E-state index contributed by atoms with van der Waals surface area (Å²) in [6.45, 7) is 3.11. The second-order valence-electron chi connectivity index (χ2n) is 4.42. The van der Waals surface area contributed by atoms with E-state index in [-0.39, 0.29) is 11.8 Å². The summed E-state index contributed by atoms with van der Waals surface area (Å²) in [5, 5.41) is 2.85. The standard InChI is InChI=1S/C13H17N5O/c1-10(7-14)8-17-13(19)11-2-3-16-12(6-11)18-5-4-15-9-18/h2-6,9-10H,7-8,14H2,1H3,(H,17,19). The number of carbonyl (C=O) groups is 1. The lowest BCUT2D eigenvalue weighted by Gasteiger charge is -2.10. The Balaban J connectivity index is 2.08. The minimum absolute atomic E-state index is 0.121. The highest BCUT2D eigenvalue weighted by atomic mass is 16.1. The molecule has 1 atom stereocenters. The summed E-state index contributed by atoms with van der Waals surface area (Å²) in [4.78, 5) is 20.1. The monoisotopic (exact) mass is 259 g/mol. The number of imidazole rings is 1. The van der Waals surface area contributed by atoms with Crippen molar-refractivity contribution in [2.24, 2.45) is 11.7 Å². The molecule has 100 valence electrons.